The normalized spacial score (nSPS) is 16.0. The molecule has 0 amide bonds. The Bertz CT molecular complexity index is 683. The fraction of sp³-hybridized carbons (Fsp3) is 0.471. The van der Waals surface area contributed by atoms with Crippen molar-refractivity contribution in [3.05, 3.63) is 51.8 Å². The van der Waals surface area contributed by atoms with Crippen LogP contribution in [0.2, 0.25) is 0 Å². The third kappa shape index (κ3) is 3.09. The molecule has 1 aliphatic heterocycles. The standard InChI is InChI=1S/C17H22N2O3/c1-13-10-16(20)17(21)15(12-18-7-3-2-4-8-18)19(13)11-14-6-5-9-22-14/h5-6,9-10,21H,2-4,7-8,11-12H2,1H3. The van der Waals surface area contributed by atoms with E-state index in [4.69, 9.17) is 4.42 Å². The van der Waals surface area contributed by atoms with E-state index in [0.29, 0.717) is 18.8 Å². The van der Waals surface area contributed by atoms with Gasteiger partial charge < -0.3 is 14.1 Å². The molecular weight excluding hydrogens is 280 g/mol. The lowest BCUT2D eigenvalue weighted by Crippen LogP contribution is -2.31. The predicted octanol–water partition coefficient (Wildman–Crippen LogP) is 2.49. The summed E-state index contributed by atoms with van der Waals surface area (Å²) in [6, 6.07) is 5.23. The molecule has 0 aliphatic carbocycles. The van der Waals surface area contributed by atoms with Crippen LogP contribution in [0.5, 0.6) is 5.75 Å². The van der Waals surface area contributed by atoms with Gasteiger partial charge in [-0.3, -0.25) is 9.69 Å². The highest BCUT2D eigenvalue weighted by Crippen LogP contribution is 2.21. The summed E-state index contributed by atoms with van der Waals surface area (Å²) in [6.07, 6.45) is 5.25. The minimum Gasteiger partial charge on any atom is -0.503 e. The molecule has 118 valence electrons. The minimum atomic E-state index is -0.305. The van der Waals surface area contributed by atoms with E-state index < -0.39 is 0 Å². The monoisotopic (exact) mass is 302 g/mol. The largest absolute Gasteiger partial charge is 0.503 e. The Kier molecular flexibility index (Phi) is 4.34. The molecule has 3 rings (SSSR count). The Morgan fingerprint density at radius 2 is 2.00 bits per heavy atom. The highest BCUT2D eigenvalue weighted by atomic mass is 16.3. The molecule has 1 aliphatic rings. The number of rotatable bonds is 4. The molecule has 5 heteroatoms. The first-order valence-electron chi connectivity index (χ1n) is 7.82. The first-order chi connectivity index (χ1) is 10.6. The van der Waals surface area contributed by atoms with Crippen molar-refractivity contribution in [2.75, 3.05) is 13.1 Å². The third-order valence-electron chi connectivity index (χ3n) is 4.31. The van der Waals surface area contributed by atoms with Gasteiger partial charge in [0.2, 0.25) is 5.43 Å². The van der Waals surface area contributed by atoms with Crippen molar-refractivity contribution in [3.63, 3.8) is 0 Å². The number of hydrogen-bond acceptors (Lipinski definition) is 4. The maximum absolute atomic E-state index is 12.0. The zero-order valence-corrected chi connectivity index (χ0v) is 12.9. The summed E-state index contributed by atoms with van der Waals surface area (Å²) in [5.41, 5.74) is 1.22. The molecule has 2 aromatic heterocycles. The maximum Gasteiger partial charge on any atom is 0.223 e. The van der Waals surface area contributed by atoms with E-state index in [-0.39, 0.29) is 11.2 Å². The van der Waals surface area contributed by atoms with E-state index in [0.717, 1.165) is 24.5 Å². The zero-order chi connectivity index (χ0) is 15.5. The Labute approximate surface area is 129 Å². The van der Waals surface area contributed by atoms with Gasteiger partial charge in [-0.1, -0.05) is 6.42 Å². The van der Waals surface area contributed by atoms with E-state index in [2.05, 4.69) is 4.90 Å². The van der Waals surface area contributed by atoms with Gasteiger partial charge in [-0.05, 0) is 45.0 Å². The van der Waals surface area contributed by atoms with Crippen LogP contribution in [-0.2, 0) is 13.1 Å². The number of aromatic nitrogens is 1. The second kappa shape index (κ2) is 6.40. The number of hydrogen-bond donors (Lipinski definition) is 1. The molecule has 0 unspecified atom stereocenters. The highest BCUT2D eigenvalue weighted by molar-refractivity contribution is 5.30. The molecule has 22 heavy (non-hydrogen) atoms. The number of nitrogens with zero attached hydrogens (tertiary/aromatic N) is 2. The van der Waals surface area contributed by atoms with Crippen molar-refractivity contribution in [1.29, 1.82) is 0 Å². The lowest BCUT2D eigenvalue weighted by atomic mass is 10.1. The van der Waals surface area contributed by atoms with Gasteiger partial charge in [-0.15, -0.1) is 0 Å². The van der Waals surface area contributed by atoms with Crippen molar-refractivity contribution in [2.24, 2.45) is 0 Å². The number of likely N-dealkylation sites (tertiary alicyclic amines) is 1. The fourth-order valence-corrected chi connectivity index (χ4v) is 3.09. The van der Waals surface area contributed by atoms with Crippen LogP contribution in [0.1, 0.15) is 36.4 Å². The first kappa shape index (κ1) is 14.9. The summed E-state index contributed by atoms with van der Waals surface area (Å²) in [4.78, 5) is 14.3. The van der Waals surface area contributed by atoms with Crippen LogP contribution in [0.3, 0.4) is 0 Å². The first-order valence-corrected chi connectivity index (χ1v) is 7.82. The van der Waals surface area contributed by atoms with Crippen molar-refractivity contribution in [1.82, 2.24) is 9.47 Å². The SMILES string of the molecule is Cc1cc(=O)c(O)c(CN2CCCCC2)n1Cc1ccco1. The molecule has 1 N–H and O–H groups in total. The number of piperidine rings is 1. The van der Waals surface area contributed by atoms with E-state index in [9.17, 15) is 9.90 Å². The number of furan rings is 1. The van der Waals surface area contributed by atoms with Crippen molar-refractivity contribution >= 4 is 0 Å². The molecule has 0 radical (unpaired) electrons. The summed E-state index contributed by atoms with van der Waals surface area (Å²) in [7, 11) is 0. The summed E-state index contributed by atoms with van der Waals surface area (Å²) in [5, 5.41) is 10.3. The van der Waals surface area contributed by atoms with Crippen molar-refractivity contribution in [2.45, 2.75) is 39.3 Å². The van der Waals surface area contributed by atoms with E-state index in [1.165, 1.54) is 25.3 Å². The molecule has 3 heterocycles. The molecule has 2 aromatic rings. The van der Waals surface area contributed by atoms with Crippen LogP contribution < -0.4 is 5.43 Å². The lowest BCUT2D eigenvalue weighted by molar-refractivity contribution is 0.212. The van der Waals surface area contributed by atoms with Crippen LogP contribution in [0.4, 0.5) is 0 Å². The minimum absolute atomic E-state index is 0.136. The van der Waals surface area contributed by atoms with Gasteiger partial charge in [0, 0.05) is 18.3 Å². The second-order valence-corrected chi connectivity index (χ2v) is 5.95. The summed E-state index contributed by atoms with van der Waals surface area (Å²) < 4.78 is 7.39. The summed E-state index contributed by atoms with van der Waals surface area (Å²) in [6.45, 7) is 5.05. The molecule has 0 spiro atoms. The van der Waals surface area contributed by atoms with Gasteiger partial charge in [-0.2, -0.15) is 0 Å². The average molecular weight is 302 g/mol. The smallest absolute Gasteiger partial charge is 0.223 e. The van der Waals surface area contributed by atoms with Gasteiger partial charge in [0.25, 0.3) is 0 Å². The molecule has 5 nitrogen and oxygen atoms in total. The average Bonchev–Trinajstić information content (AvgIpc) is 3.02. The molecule has 0 saturated carbocycles. The van der Waals surface area contributed by atoms with Gasteiger partial charge in [0.15, 0.2) is 5.75 Å². The van der Waals surface area contributed by atoms with Gasteiger partial charge in [0.05, 0.1) is 18.5 Å². The Morgan fingerprint density at radius 1 is 1.23 bits per heavy atom. The quantitative estimate of drug-likeness (QED) is 0.942. The van der Waals surface area contributed by atoms with Crippen LogP contribution in [0.15, 0.2) is 33.7 Å². The number of aromatic hydroxyl groups is 1. The predicted molar refractivity (Wildman–Crippen MR) is 84.0 cm³/mol. The van der Waals surface area contributed by atoms with Crippen molar-refractivity contribution in [3.8, 4) is 5.75 Å². The summed E-state index contributed by atoms with van der Waals surface area (Å²) >= 11 is 0. The van der Waals surface area contributed by atoms with Crippen LogP contribution >= 0.6 is 0 Å². The van der Waals surface area contributed by atoms with Crippen LogP contribution in [0, 0.1) is 6.92 Å². The summed E-state index contributed by atoms with van der Waals surface area (Å²) in [5.74, 6) is 0.675. The molecular formula is C17H22N2O3. The molecule has 1 fully saturated rings. The molecule has 0 atom stereocenters. The number of aryl methyl sites for hydroxylation is 1. The molecule has 0 bridgehead atoms. The number of pyridine rings is 1. The van der Waals surface area contributed by atoms with E-state index in [1.54, 1.807) is 6.26 Å². The fourth-order valence-electron chi connectivity index (χ4n) is 3.09. The highest BCUT2D eigenvalue weighted by Gasteiger charge is 2.18. The van der Waals surface area contributed by atoms with E-state index >= 15 is 0 Å². The van der Waals surface area contributed by atoms with Gasteiger partial charge in [-0.25, -0.2) is 0 Å². The van der Waals surface area contributed by atoms with Crippen LogP contribution in [-0.4, -0.2) is 27.7 Å². The Hall–Kier alpha value is -2.01. The van der Waals surface area contributed by atoms with Crippen LogP contribution in [0.25, 0.3) is 0 Å². The maximum atomic E-state index is 12.0. The Balaban J connectivity index is 1.95. The topological polar surface area (TPSA) is 58.6 Å². The molecule has 1 saturated heterocycles. The zero-order valence-electron chi connectivity index (χ0n) is 12.9. The molecule has 0 aromatic carbocycles. The second-order valence-electron chi connectivity index (χ2n) is 5.95. The van der Waals surface area contributed by atoms with E-state index in [1.807, 2.05) is 23.6 Å². The third-order valence-corrected chi connectivity index (χ3v) is 4.31. The Morgan fingerprint density at radius 3 is 2.68 bits per heavy atom. The van der Waals surface area contributed by atoms with Crippen molar-refractivity contribution < 1.29 is 9.52 Å². The van der Waals surface area contributed by atoms with Gasteiger partial charge in [0.1, 0.15) is 5.76 Å². The van der Waals surface area contributed by atoms with Gasteiger partial charge >= 0.3 is 0 Å². The lowest BCUT2D eigenvalue weighted by Gasteiger charge is -2.28.